The molecule has 22 heavy (non-hydrogen) atoms. The molecule has 3 rings (SSSR count). The first-order chi connectivity index (χ1) is 10.7. The molecular weight excluding hydrogens is 276 g/mol. The Hall–Kier alpha value is -1.62. The van der Waals surface area contributed by atoms with Crippen molar-refractivity contribution in [1.82, 2.24) is 10.3 Å². The van der Waals surface area contributed by atoms with Gasteiger partial charge in [-0.1, -0.05) is 12.5 Å². The Morgan fingerprint density at radius 2 is 2.09 bits per heavy atom. The van der Waals surface area contributed by atoms with Gasteiger partial charge in [-0.15, -0.1) is 0 Å². The summed E-state index contributed by atoms with van der Waals surface area (Å²) < 4.78 is 0. The fraction of sp³-hybridized carbons (Fsp3) is 0.647. The molecule has 2 aliphatic rings. The Labute approximate surface area is 132 Å². The van der Waals surface area contributed by atoms with E-state index in [0.717, 1.165) is 44.6 Å². The Morgan fingerprint density at radius 3 is 2.73 bits per heavy atom. The van der Waals surface area contributed by atoms with Crippen molar-refractivity contribution in [1.29, 1.82) is 0 Å². The largest absolute Gasteiger partial charge is 0.356 e. The number of nitrogens with two attached hydrogens (primary N) is 1. The van der Waals surface area contributed by atoms with Crippen LogP contribution >= 0.6 is 0 Å². The van der Waals surface area contributed by atoms with Crippen molar-refractivity contribution in [2.75, 3.05) is 18.0 Å². The van der Waals surface area contributed by atoms with Crippen molar-refractivity contribution in [3.05, 3.63) is 24.4 Å². The smallest absolute Gasteiger partial charge is 0.220 e. The number of hydrogen-bond acceptors (Lipinski definition) is 4. The van der Waals surface area contributed by atoms with Crippen LogP contribution in [0.3, 0.4) is 0 Å². The third-order valence-electron chi connectivity index (χ3n) is 5.00. The highest BCUT2D eigenvalue weighted by atomic mass is 16.1. The van der Waals surface area contributed by atoms with Crippen LogP contribution in [0, 0.1) is 5.92 Å². The van der Waals surface area contributed by atoms with Crippen LogP contribution in [0.5, 0.6) is 0 Å². The predicted molar refractivity (Wildman–Crippen MR) is 87.5 cm³/mol. The number of pyridine rings is 1. The molecule has 1 aromatic rings. The second-order valence-corrected chi connectivity index (χ2v) is 6.58. The molecule has 120 valence electrons. The molecule has 5 nitrogen and oxygen atoms in total. The minimum atomic E-state index is 0.179. The molecule has 0 radical (unpaired) electrons. The lowest BCUT2D eigenvalue weighted by molar-refractivity contribution is -0.122. The van der Waals surface area contributed by atoms with Crippen LogP contribution in [0.2, 0.25) is 0 Å². The van der Waals surface area contributed by atoms with E-state index in [9.17, 15) is 4.79 Å². The molecular formula is C17H26N4O. The molecule has 1 aliphatic heterocycles. The van der Waals surface area contributed by atoms with Gasteiger partial charge in [0.15, 0.2) is 0 Å². The van der Waals surface area contributed by atoms with Crippen LogP contribution in [-0.4, -0.2) is 36.1 Å². The number of amides is 1. The number of rotatable bonds is 4. The molecule has 2 heterocycles. The summed E-state index contributed by atoms with van der Waals surface area (Å²) in [6.45, 7) is 1.90. The van der Waals surface area contributed by atoms with Gasteiger partial charge in [-0.25, -0.2) is 4.98 Å². The minimum absolute atomic E-state index is 0.179. The van der Waals surface area contributed by atoms with Gasteiger partial charge in [0.25, 0.3) is 0 Å². The third kappa shape index (κ3) is 3.77. The van der Waals surface area contributed by atoms with Crippen molar-refractivity contribution in [3.63, 3.8) is 0 Å². The van der Waals surface area contributed by atoms with E-state index in [2.05, 4.69) is 15.2 Å². The van der Waals surface area contributed by atoms with Crippen LogP contribution < -0.4 is 16.0 Å². The maximum absolute atomic E-state index is 12.2. The first-order valence-electron chi connectivity index (χ1n) is 8.43. The van der Waals surface area contributed by atoms with Gasteiger partial charge in [0.1, 0.15) is 5.82 Å². The number of anilines is 1. The molecule has 0 aromatic carbocycles. The highest BCUT2D eigenvalue weighted by Crippen LogP contribution is 2.27. The number of aromatic nitrogens is 1. The van der Waals surface area contributed by atoms with Crippen molar-refractivity contribution < 1.29 is 4.79 Å². The van der Waals surface area contributed by atoms with E-state index in [4.69, 9.17) is 5.73 Å². The predicted octanol–water partition coefficient (Wildman–Crippen LogP) is 1.68. The van der Waals surface area contributed by atoms with Crippen molar-refractivity contribution in [2.45, 2.75) is 50.6 Å². The summed E-state index contributed by atoms with van der Waals surface area (Å²) in [7, 11) is 0. The molecule has 0 unspecified atom stereocenters. The number of nitrogens with zero attached hydrogens (tertiary/aromatic N) is 2. The van der Waals surface area contributed by atoms with Crippen molar-refractivity contribution >= 4 is 11.7 Å². The highest BCUT2D eigenvalue weighted by Gasteiger charge is 2.27. The maximum Gasteiger partial charge on any atom is 0.220 e. The van der Waals surface area contributed by atoms with E-state index in [1.807, 2.05) is 24.4 Å². The van der Waals surface area contributed by atoms with Gasteiger partial charge in [-0.3, -0.25) is 4.79 Å². The Balaban J connectivity index is 1.43. The number of hydrogen-bond donors (Lipinski definition) is 2. The topological polar surface area (TPSA) is 71.2 Å². The fourth-order valence-electron chi connectivity index (χ4n) is 3.64. The van der Waals surface area contributed by atoms with Crippen molar-refractivity contribution in [3.8, 4) is 0 Å². The maximum atomic E-state index is 12.2. The minimum Gasteiger partial charge on any atom is -0.356 e. The first kappa shape index (κ1) is 15.3. The summed E-state index contributed by atoms with van der Waals surface area (Å²) in [6, 6.07) is 6.51. The van der Waals surface area contributed by atoms with E-state index in [-0.39, 0.29) is 11.9 Å². The molecule has 5 heteroatoms. The zero-order valence-corrected chi connectivity index (χ0v) is 13.1. The molecule has 1 aliphatic carbocycles. The van der Waals surface area contributed by atoms with Gasteiger partial charge in [0.2, 0.25) is 5.91 Å². The Morgan fingerprint density at radius 1 is 1.27 bits per heavy atom. The second-order valence-electron chi connectivity index (χ2n) is 6.58. The van der Waals surface area contributed by atoms with E-state index in [0.29, 0.717) is 18.4 Å². The quantitative estimate of drug-likeness (QED) is 0.888. The summed E-state index contributed by atoms with van der Waals surface area (Å²) in [6.07, 6.45) is 7.74. The summed E-state index contributed by atoms with van der Waals surface area (Å²) in [5, 5.41) is 3.20. The standard InChI is InChI=1S/C17H26N4O/c18-15-5-3-4-13(15)12-17(22)20-14-7-10-21(11-8-14)16-6-1-2-9-19-16/h1-2,6,9,13-15H,3-5,7-8,10-12,18H2,(H,20,22)/t13-,15+/m0/s1. The summed E-state index contributed by atoms with van der Waals surface area (Å²) in [5.74, 6) is 1.59. The summed E-state index contributed by atoms with van der Waals surface area (Å²) >= 11 is 0. The molecule has 0 spiro atoms. The van der Waals surface area contributed by atoms with E-state index < -0.39 is 0 Å². The molecule has 1 saturated heterocycles. The van der Waals surface area contributed by atoms with Crippen molar-refractivity contribution in [2.24, 2.45) is 11.7 Å². The number of nitrogens with one attached hydrogen (secondary N) is 1. The lowest BCUT2D eigenvalue weighted by Crippen LogP contribution is -2.45. The molecule has 1 amide bonds. The fourth-order valence-corrected chi connectivity index (χ4v) is 3.64. The van der Waals surface area contributed by atoms with Gasteiger partial charge >= 0.3 is 0 Å². The van der Waals surface area contributed by atoms with E-state index in [1.54, 1.807) is 0 Å². The van der Waals surface area contributed by atoms with Gasteiger partial charge in [0, 0.05) is 37.8 Å². The average Bonchev–Trinajstić information content (AvgIpc) is 2.94. The van der Waals surface area contributed by atoms with Gasteiger partial charge in [-0.2, -0.15) is 0 Å². The van der Waals surface area contributed by atoms with Gasteiger partial charge in [-0.05, 0) is 43.7 Å². The SMILES string of the molecule is N[C@@H]1CCC[C@H]1CC(=O)NC1CCN(c2ccccn2)CC1. The van der Waals surface area contributed by atoms with Gasteiger partial charge < -0.3 is 16.0 Å². The average molecular weight is 302 g/mol. The Bertz CT molecular complexity index is 485. The number of piperidine rings is 1. The second kappa shape index (κ2) is 7.09. The molecule has 1 aromatic heterocycles. The lowest BCUT2D eigenvalue weighted by Gasteiger charge is -2.33. The highest BCUT2D eigenvalue weighted by molar-refractivity contribution is 5.76. The van der Waals surface area contributed by atoms with Crippen LogP contribution in [-0.2, 0) is 4.79 Å². The summed E-state index contributed by atoms with van der Waals surface area (Å²) in [4.78, 5) is 18.8. The molecule has 3 N–H and O–H groups in total. The zero-order valence-electron chi connectivity index (χ0n) is 13.1. The summed E-state index contributed by atoms with van der Waals surface area (Å²) in [5.41, 5.74) is 6.05. The third-order valence-corrected chi connectivity index (χ3v) is 5.00. The molecule has 2 fully saturated rings. The van der Waals surface area contributed by atoms with Crippen LogP contribution in [0.15, 0.2) is 24.4 Å². The van der Waals surface area contributed by atoms with E-state index >= 15 is 0 Å². The van der Waals surface area contributed by atoms with E-state index in [1.165, 1.54) is 6.42 Å². The lowest BCUT2D eigenvalue weighted by atomic mass is 9.98. The number of carbonyl (C=O) groups is 1. The van der Waals surface area contributed by atoms with Crippen LogP contribution in [0.4, 0.5) is 5.82 Å². The molecule has 0 bridgehead atoms. The normalized spacial score (nSPS) is 26.1. The Kier molecular flexibility index (Phi) is 4.93. The zero-order chi connectivity index (χ0) is 15.4. The monoisotopic (exact) mass is 302 g/mol. The first-order valence-corrected chi connectivity index (χ1v) is 8.43. The van der Waals surface area contributed by atoms with Gasteiger partial charge in [0.05, 0.1) is 0 Å². The van der Waals surface area contributed by atoms with Crippen LogP contribution in [0.25, 0.3) is 0 Å². The number of carbonyl (C=O) groups excluding carboxylic acids is 1. The molecule has 2 atom stereocenters. The van der Waals surface area contributed by atoms with Crippen LogP contribution in [0.1, 0.15) is 38.5 Å². The molecule has 1 saturated carbocycles.